The van der Waals surface area contributed by atoms with Crippen LogP contribution >= 0.6 is 0 Å². The van der Waals surface area contributed by atoms with Crippen LogP contribution in [0, 0.1) is 0 Å². The number of rotatable bonds is 9. The molecule has 99 heavy (non-hydrogen) atoms. The molecular formula is C92H65N5O2. The molecule has 470 valence electrons. The number of hydrogen-bond acceptors (Lipinski definition) is 4. The van der Waals surface area contributed by atoms with Gasteiger partial charge in [0.25, 0.3) is 0 Å². The van der Waals surface area contributed by atoms with Crippen molar-refractivity contribution in [2.24, 2.45) is 0 Å². The smallest absolute Gasteiger partial charge is 0.235 e. The van der Waals surface area contributed by atoms with Crippen molar-refractivity contribution in [2.75, 3.05) is 0 Å². The van der Waals surface area contributed by atoms with Crippen molar-refractivity contribution in [1.82, 2.24) is 23.7 Å². The molecule has 19 rings (SSSR count). The summed E-state index contributed by atoms with van der Waals surface area (Å²) in [5, 5.41) is 4.08. The lowest BCUT2D eigenvalue weighted by Crippen LogP contribution is -2.17. The number of allylic oxidation sites excluding steroid dienone is 2. The summed E-state index contributed by atoms with van der Waals surface area (Å²) in [5.74, 6) is 0.443. The Morgan fingerprint density at radius 3 is 1.63 bits per heavy atom. The van der Waals surface area contributed by atoms with Gasteiger partial charge in [-0.15, -0.1) is 0 Å². The van der Waals surface area contributed by atoms with Gasteiger partial charge in [0.1, 0.15) is 0 Å². The first-order valence-corrected chi connectivity index (χ1v) is 34.5. The van der Waals surface area contributed by atoms with Crippen molar-refractivity contribution in [3.63, 3.8) is 0 Å². The number of hydrogen-bond donors (Lipinski definition) is 0. The van der Waals surface area contributed by atoms with E-state index in [1.807, 2.05) is 18.2 Å². The van der Waals surface area contributed by atoms with Gasteiger partial charge in [0.15, 0.2) is 11.6 Å². The molecule has 0 radical (unpaired) electrons. The maximum Gasteiger partial charge on any atom is 0.235 e. The third-order valence-corrected chi connectivity index (χ3v) is 21.3. The number of Topliss-reactive ketones (excluding diaryl/α,β-unsaturated/α-hetero) is 2. The molecule has 3 aliphatic carbocycles. The lowest BCUT2D eigenvalue weighted by Gasteiger charge is -2.25. The predicted molar refractivity (Wildman–Crippen MR) is 402 cm³/mol. The summed E-state index contributed by atoms with van der Waals surface area (Å²) in [5.41, 5.74) is 25.7. The van der Waals surface area contributed by atoms with Crippen molar-refractivity contribution in [2.45, 2.75) is 49.9 Å². The van der Waals surface area contributed by atoms with E-state index in [2.05, 4.69) is 311 Å². The summed E-state index contributed by atoms with van der Waals surface area (Å²) in [6, 6.07) is 112. The van der Waals surface area contributed by atoms with Crippen LogP contribution in [0.2, 0.25) is 0 Å². The van der Waals surface area contributed by atoms with Crippen molar-refractivity contribution in [1.29, 1.82) is 0 Å². The molecule has 3 unspecified atom stereocenters. The lowest BCUT2D eigenvalue weighted by molar-refractivity contribution is -0.113. The monoisotopic (exact) mass is 1270 g/mol. The van der Waals surface area contributed by atoms with Crippen molar-refractivity contribution in [3.05, 3.63) is 366 Å². The Kier molecular flexibility index (Phi) is 14.0. The average molecular weight is 1270 g/mol. The van der Waals surface area contributed by atoms with Gasteiger partial charge in [-0.1, -0.05) is 261 Å². The van der Waals surface area contributed by atoms with Gasteiger partial charge in [0.05, 0.1) is 44.7 Å². The van der Waals surface area contributed by atoms with Crippen LogP contribution in [0.25, 0.3) is 117 Å². The topological polar surface area (TPSA) is 74.7 Å². The second-order valence-electron chi connectivity index (χ2n) is 26.8. The van der Waals surface area contributed by atoms with Gasteiger partial charge in [-0.25, -0.2) is 9.97 Å². The Morgan fingerprint density at radius 1 is 0.354 bits per heavy atom. The van der Waals surface area contributed by atoms with E-state index in [1.165, 1.54) is 16.7 Å². The molecular weight excluding hydrogens is 1210 g/mol. The third kappa shape index (κ3) is 9.62. The maximum atomic E-state index is 15.9. The molecule has 16 aromatic rings. The Hall–Kier alpha value is -12.3. The zero-order valence-corrected chi connectivity index (χ0v) is 54.3. The standard InChI is InChI=1S/C92H65N5O2/c98-82-56-67(58-25-5-1-6-26-58)55-81-85(74-41-17-22-46-80(74)97(81)92-93-77-43-19-15-39-72(77)89(94-92)62-30-9-3-10-31-62)91-87(82)75-42-18-21-45-79(75)96(91)69-50-47-59(48-51-69)63-32-23-33-64(53-63)65-34-24-35-66(54-65)76-57-83(99)86-70-38-14-13-29-61(70)49-52-71(60-27-7-2-8-28-60)88(86)90-84(76)73-40-16-20-44-78(73)95(90)68-36-11-4-12-37-68/h1-48,50-51,53-54,67,71,76H,49,52,55-57H2. The quantitative estimate of drug-likeness (QED) is 0.144. The zero-order chi connectivity index (χ0) is 65.7. The van der Waals surface area contributed by atoms with Crippen LogP contribution in [-0.4, -0.2) is 35.2 Å². The minimum atomic E-state index is -0.259. The van der Waals surface area contributed by atoms with Gasteiger partial charge in [0.2, 0.25) is 5.95 Å². The molecule has 0 amide bonds. The Morgan fingerprint density at radius 2 is 0.889 bits per heavy atom. The van der Waals surface area contributed by atoms with Crippen LogP contribution in [0.3, 0.4) is 0 Å². The van der Waals surface area contributed by atoms with E-state index in [1.54, 1.807) is 0 Å². The molecule has 0 saturated carbocycles. The van der Waals surface area contributed by atoms with E-state index in [0.29, 0.717) is 25.2 Å². The fraction of sp³-hybridized carbons (Fsp3) is 0.0870. The largest absolute Gasteiger partial charge is 0.309 e. The summed E-state index contributed by atoms with van der Waals surface area (Å²) in [6.45, 7) is 0. The number of para-hydroxylation sites is 5. The number of fused-ring (bicyclic) bond motifs is 14. The first-order chi connectivity index (χ1) is 49.0. The minimum absolute atomic E-state index is 0.0302. The second kappa shape index (κ2) is 23.8. The van der Waals surface area contributed by atoms with E-state index in [-0.39, 0.29) is 29.3 Å². The SMILES string of the molecule is O=C1CC(c2cccc(-c3cccc(-c4ccc(-n5c6c(c7ccccc75)C(=O)CC(c5ccccc5)Cc5c-6c6ccccc6n5-c5nc(-c6ccccc6)c6ccccc6n5)cc4)c3)c2)c2c(n(-c3ccccc3)c3ccccc23)C2=C1c1ccccc1CCC2c1ccccc1. The third-order valence-electron chi connectivity index (χ3n) is 21.3. The number of carbonyl (C=O) groups is 2. The van der Waals surface area contributed by atoms with Crippen LogP contribution in [0.1, 0.15) is 92.1 Å². The Balaban J connectivity index is 0.742. The number of aryl methyl sites for hydroxylation is 1. The van der Waals surface area contributed by atoms with Crippen molar-refractivity contribution < 1.29 is 9.59 Å². The molecule has 0 N–H and O–H groups in total. The Bertz CT molecular complexity index is 5940. The number of aromatic nitrogens is 5. The predicted octanol–water partition coefficient (Wildman–Crippen LogP) is 21.8. The number of benzene rings is 12. The first kappa shape index (κ1) is 58.1. The maximum absolute atomic E-state index is 15.9. The van der Waals surface area contributed by atoms with Gasteiger partial charge in [-0.05, 0) is 141 Å². The van der Waals surface area contributed by atoms with Crippen LogP contribution in [0.15, 0.2) is 315 Å². The summed E-state index contributed by atoms with van der Waals surface area (Å²) < 4.78 is 7.08. The highest BCUT2D eigenvalue weighted by Gasteiger charge is 2.41. The van der Waals surface area contributed by atoms with Crippen LogP contribution in [-0.2, 0) is 17.6 Å². The van der Waals surface area contributed by atoms with Gasteiger partial charge < -0.3 is 9.13 Å². The van der Waals surface area contributed by atoms with Gasteiger partial charge in [-0.3, -0.25) is 14.2 Å². The highest BCUT2D eigenvalue weighted by Crippen LogP contribution is 2.55. The molecule has 0 spiro atoms. The second-order valence-corrected chi connectivity index (χ2v) is 26.8. The Labute approximate surface area is 573 Å². The number of ketones is 2. The van der Waals surface area contributed by atoms with E-state index in [0.717, 1.165) is 157 Å². The van der Waals surface area contributed by atoms with Gasteiger partial charge in [0, 0.05) is 80.0 Å². The molecule has 0 aliphatic heterocycles. The van der Waals surface area contributed by atoms with E-state index in [9.17, 15) is 0 Å². The molecule has 0 saturated heterocycles. The minimum Gasteiger partial charge on any atom is -0.309 e. The summed E-state index contributed by atoms with van der Waals surface area (Å²) in [7, 11) is 0. The number of carbonyl (C=O) groups excluding carboxylic acids is 2. The average Bonchev–Trinajstić information content (AvgIpc) is 1.56. The van der Waals surface area contributed by atoms with Crippen LogP contribution < -0.4 is 0 Å². The number of nitrogens with zero attached hydrogens (tertiary/aromatic N) is 5. The molecule has 7 heteroatoms. The first-order valence-electron chi connectivity index (χ1n) is 34.5. The summed E-state index contributed by atoms with van der Waals surface area (Å²) in [6.07, 6.45) is 2.94. The van der Waals surface area contributed by atoms with Crippen LogP contribution in [0.5, 0.6) is 0 Å². The highest BCUT2D eigenvalue weighted by atomic mass is 16.1. The van der Waals surface area contributed by atoms with E-state index >= 15 is 9.59 Å². The summed E-state index contributed by atoms with van der Waals surface area (Å²) >= 11 is 0. The fourth-order valence-electron chi connectivity index (χ4n) is 16.9. The normalized spacial score (nSPS) is 16.0. The molecule has 4 aromatic heterocycles. The molecule has 3 atom stereocenters. The van der Waals surface area contributed by atoms with Crippen molar-refractivity contribution in [3.8, 4) is 62.1 Å². The van der Waals surface area contributed by atoms with E-state index in [4.69, 9.17) is 9.97 Å². The molecule has 0 fully saturated rings. The molecule has 3 aliphatic rings. The molecule has 0 bridgehead atoms. The molecule has 7 nitrogen and oxygen atoms in total. The molecule has 12 aromatic carbocycles. The van der Waals surface area contributed by atoms with E-state index < -0.39 is 0 Å². The zero-order valence-electron chi connectivity index (χ0n) is 54.3. The van der Waals surface area contributed by atoms with Gasteiger partial charge in [-0.2, -0.15) is 0 Å². The summed E-state index contributed by atoms with van der Waals surface area (Å²) in [4.78, 5) is 42.6. The highest BCUT2D eigenvalue weighted by molar-refractivity contribution is 6.30. The van der Waals surface area contributed by atoms with Crippen molar-refractivity contribution >= 4 is 66.3 Å². The lowest BCUT2D eigenvalue weighted by atomic mass is 9.81. The van der Waals surface area contributed by atoms with Crippen LogP contribution in [0.4, 0.5) is 0 Å². The molecule has 4 heterocycles. The van der Waals surface area contributed by atoms with Gasteiger partial charge >= 0.3 is 0 Å². The fourth-order valence-corrected chi connectivity index (χ4v) is 16.9.